The standard InChI is InChI=1S/C20H23NO2/c1-4-21(5-2)18-10-6-16(7-11-18)20(14-15-22)17-8-12-19(23-3)13-9-17/h6-15H,4-5H2,1-3H3/b20-14-. The van der Waals surface area contributed by atoms with Crippen LogP contribution in [0, 0.1) is 0 Å². The van der Waals surface area contributed by atoms with Crippen LogP contribution < -0.4 is 9.64 Å². The summed E-state index contributed by atoms with van der Waals surface area (Å²) in [4.78, 5) is 13.3. The highest BCUT2D eigenvalue weighted by atomic mass is 16.5. The largest absolute Gasteiger partial charge is 0.497 e. The summed E-state index contributed by atoms with van der Waals surface area (Å²) in [6.45, 7) is 6.25. The molecular weight excluding hydrogens is 286 g/mol. The normalized spacial score (nSPS) is 11.2. The number of benzene rings is 2. The summed E-state index contributed by atoms with van der Waals surface area (Å²) in [6.07, 6.45) is 2.44. The van der Waals surface area contributed by atoms with Crippen molar-refractivity contribution in [1.29, 1.82) is 0 Å². The summed E-state index contributed by atoms with van der Waals surface area (Å²) in [5.74, 6) is 0.802. The Hall–Kier alpha value is -2.55. The van der Waals surface area contributed by atoms with Gasteiger partial charge in [-0.05, 0) is 60.9 Å². The summed E-state index contributed by atoms with van der Waals surface area (Å²) < 4.78 is 5.19. The molecule has 0 aliphatic rings. The van der Waals surface area contributed by atoms with Crippen LogP contribution in [0.15, 0.2) is 54.6 Å². The number of hydrogen-bond acceptors (Lipinski definition) is 3. The third kappa shape index (κ3) is 4.01. The van der Waals surface area contributed by atoms with E-state index in [0.29, 0.717) is 0 Å². The Bertz CT molecular complexity index is 653. The molecule has 23 heavy (non-hydrogen) atoms. The zero-order valence-electron chi connectivity index (χ0n) is 14.0. The van der Waals surface area contributed by atoms with Crippen molar-refractivity contribution in [2.24, 2.45) is 0 Å². The molecule has 2 aromatic rings. The molecule has 3 nitrogen and oxygen atoms in total. The first-order valence-electron chi connectivity index (χ1n) is 7.88. The maximum atomic E-state index is 11.0. The molecule has 0 saturated heterocycles. The first-order chi connectivity index (χ1) is 11.2. The molecular formula is C20H23NO2. The molecule has 0 N–H and O–H groups in total. The predicted octanol–water partition coefficient (Wildman–Crippen LogP) is 4.17. The van der Waals surface area contributed by atoms with Crippen LogP contribution in [-0.2, 0) is 4.79 Å². The minimum Gasteiger partial charge on any atom is -0.497 e. The quantitative estimate of drug-likeness (QED) is 0.568. The summed E-state index contributed by atoms with van der Waals surface area (Å²) in [7, 11) is 1.64. The molecule has 0 aromatic heterocycles. The highest BCUT2D eigenvalue weighted by molar-refractivity contribution is 5.90. The molecule has 3 heteroatoms. The topological polar surface area (TPSA) is 29.5 Å². The average Bonchev–Trinajstić information content (AvgIpc) is 2.62. The number of carbonyl (C=O) groups is 1. The van der Waals surface area contributed by atoms with Gasteiger partial charge in [-0.15, -0.1) is 0 Å². The lowest BCUT2D eigenvalue weighted by molar-refractivity contribution is -0.104. The second-order valence-corrected chi connectivity index (χ2v) is 5.16. The van der Waals surface area contributed by atoms with Crippen molar-refractivity contribution in [3.05, 3.63) is 65.7 Å². The number of carbonyl (C=O) groups excluding carboxylic acids is 1. The average molecular weight is 309 g/mol. The second kappa shape index (κ2) is 8.18. The summed E-state index contributed by atoms with van der Waals surface area (Å²) in [5, 5.41) is 0. The lowest BCUT2D eigenvalue weighted by Crippen LogP contribution is -2.21. The maximum Gasteiger partial charge on any atom is 0.143 e. The van der Waals surface area contributed by atoms with Gasteiger partial charge in [0.25, 0.3) is 0 Å². The molecule has 2 aromatic carbocycles. The van der Waals surface area contributed by atoms with Gasteiger partial charge in [0.15, 0.2) is 0 Å². The zero-order valence-corrected chi connectivity index (χ0v) is 14.0. The Balaban J connectivity index is 2.34. The van der Waals surface area contributed by atoms with Crippen molar-refractivity contribution in [1.82, 2.24) is 0 Å². The first kappa shape index (κ1) is 16.8. The monoisotopic (exact) mass is 309 g/mol. The van der Waals surface area contributed by atoms with Crippen molar-refractivity contribution in [2.45, 2.75) is 13.8 Å². The molecule has 0 saturated carbocycles. The number of hydrogen-bond donors (Lipinski definition) is 0. The van der Waals surface area contributed by atoms with Crippen molar-refractivity contribution in [2.75, 3.05) is 25.1 Å². The van der Waals surface area contributed by atoms with Gasteiger partial charge >= 0.3 is 0 Å². The van der Waals surface area contributed by atoms with E-state index >= 15 is 0 Å². The fourth-order valence-electron chi connectivity index (χ4n) is 2.64. The fraction of sp³-hybridized carbons (Fsp3) is 0.250. The number of allylic oxidation sites excluding steroid dienone is 1. The maximum absolute atomic E-state index is 11.0. The first-order valence-corrected chi connectivity index (χ1v) is 7.88. The fourth-order valence-corrected chi connectivity index (χ4v) is 2.64. The SMILES string of the molecule is CCN(CC)c1ccc(/C(=C/C=O)c2ccc(OC)cc2)cc1. The lowest BCUT2D eigenvalue weighted by atomic mass is 9.97. The molecule has 0 bridgehead atoms. The summed E-state index contributed by atoms with van der Waals surface area (Å²) >= 11 is 0. The molecule has 0 spiro atoms. The van der Waals surface area contributed by atoms with Gasteiger partial charge in [-0.2, -0.15) is 0 Å². The predicted molar refractivity (Wildman–Crippen MR) is 96.1 cm³/mol. The van der Waals surface area contributed by atoms with Crippen LogP contribution in [0.2, 0.25) is 0 Å². The van der Waals surface area contributed by atoms with Gasteiger partial charge in [-0.1, -0.05) is 24.3 Å². The molecule has 0 fully saturated rings. The second-order valence-electron chi connectivity index (χ2n) is 5.16. The molecule has 0 amide bonds. The Morgan fingerprint density at radius 3 is 1.91 bits per heavy atom. The van der Waals surface area contributed by atoms with Crippen LogP contribution in [-0.4, -0.2) is 26.5 Å². The minimum absolute atomic E-state index is 0.802. The van der Waals surface area contributed by atoms with E-state index in [4.69, 9.17) is 4.74 Å². The molecule has 0 aliphatic carbocycles. The van der Waals surface area contributed by atoms with Crippen molar-refractivity contribution < 1.29 is 9.53 Å². The number of aldehydes is 1. The molecule has 2 rings (SSSR count). The van der Waals surface area contributed by atoms with Gasteiger partial charge in [0.2, 0.25) is 0 Å². The van der Waals surface area contributed by atoms with Crippen molar-refractivity contribution in [3.8, 4) is 5.75 Å². The Labute approximate surface area is 138 Å². The molecule has 0 unspecified atom stereocenters. The molecule has 0 heterocycles. The lowest BCUT2D eigenvalue weighted by Gasteiger charge is -2.21. The van der Waals surface area contributed by atoms with Crippen LogP contribution in [0.3, 0.4) is 0 Å². The van der Waals surface area contributed by atoms with E-state index in [1.165, 1.54) is 5.69 Å². The van der Waals surface area contributed by atoms with E-state index in [1.54, 1.807) is 13.2 Å². The summed E-state index contributed by atoms with van der Waals surface area (Å²) in [6, 6.07) is 16.1. The number of nitrogens with zero attached hydrogens (tertiary/aromatic N) is 1. The minimum atomic E-state index is 0.802. The van der Waals surface area contributed by atoms with Gasteiger partial charge < -0.3 is 9.64 Å². The smallest absolute Gasteiger partial charge is 0.143 e. The highest BCUT2D eigenvalue weighted by Crippen LogP contribution is 2.26. The van der Waals surface area contributed by atoms with E-state index in [9.17, 15) is 4.79 Å². The van der Waals surface area contributed by atoms with Crippen LogP contribution in [0.4, 0.5) is 5.69 Å². The Morgan fingerprint density at radius 2 is 1.48 bits per heavy atom. The van der Waals surface area contributed by atoms with E-state index in [1.807, 2.05) is 24.3 Å². The molecule has 0 radical (unpaired) electrons. The Morgan fingerprint density at radius 1 is 0.957 bits per heavy atom. The molecule has 120 valence electrons. The van der Waals surface area contributed by atoms with Gasteiger partial charge in [0, 0.05) is 18.8 Å². The Kier molecular flexibility index (Phi) is 5.98. The zero-order chi connectivity index (χ0) is 16.7. The van der Waals surface area contributed by atoms with Crippen LogP contribution in [0.1, 0.15) is 25.0 Å². The van der Waals surface area contributed by atoms with Crippen LogP contribution in [0.5, 0.6) is 5.75 Å². The molecule has 0 atom stereocenters. The van der Waals surface area contributed by atoms with Crippen LogP contribution in [0.25, 0.3) is 5.57 Å². The third-order valence-electron chi connectivity index (χ3n) is 3.94. The third-order valence-corrected chi connectivity index (χ3v) is 3.94. The van der Waals surface area contributed by atoms with E-state index in [2.05, 4.69) is 43.0 Å². The van der Waals surface area contributed by atoms with Gasteiger partial charge in [0.05, 0.1) is 7.11 Å². The van der Waals surface area contributed by atoms with E-state index in [-0.39, 0.29) is 0 Å². The van der Waals surface area contributed by atoms with Gasteiger partial charge in [0.1, 0.15) is 12.0 Å². The van der Waals surface area contributed by atoms with Crippen molar-refractivity contribution in [3.63, 3.8) is 0 Å². The number of anilines is 1. The summed E-state index contributed by atoms with van der Waals surface area (Å²) in [5.41, 5.74) is 4.12. The number of rotatable bonds is 7. The van der Waals surface area contributed by atoms with E-state index < -0.39 is 0 Å². The molecule has 0 aliphatic heterocycles. The van der Waals surface area contributed by atoms with E-state index in [0.717, 1.165) is 41.8 Å². The van der Waals surface area contributed by atoms with Crippen molar-refractivity contribution >= 4 is 17.5 Å². The van der Waals surface area contributed by atoms with Gasteiger partial charge in [-0.25, -0.2) is 0 Å². The number of ether oxygens (including phenoxy) is 1. The number of methoxy groups -OCH3 is 1. The van der Waals surface area contributed by atoms with Crippen LogP contribution >= 0.6 is 0 Å². The van der Waals surface area contributed by atoms with Gasteiger partial charge in [-0.3, -0.25) is 4.79 Å². The highest BCUT2D eigenvalue weighted by Gasteiger charge is 2.07.